The molecule has 0 bridgehead atoms. The number of ketones is 1. The minimum Gasteiger partial charge on any atom is -0.459 e. The van der Waals surface area contributed by atoms with Crippen LogP contribution in [0.4, 0.5) is 0 Å². The Morgan fingerprint density at radius 1 is 0.727 bits per heavy atom. The molecule has 0 aliphatic carbocycles. The van der Waals surface area contributed by atoms with Crippen molar-refractivity contribution in [1.82, 2.24) is 9.55 Å². The molecule has 0 amide bonds. The summed E-state index contributed by atoms with van der Waals surface area (Å²) < 4.78 is 24.0. The molecule has 1 saturated heterocycles. The third kappa shape index (κ3) is 6.55. The molecule has 1 aliphatic heterocycles. The highest BCUT2D eigenvalue weighted by atomic mass is 16.7. The predicted molar refractivity (Wildman–Crippen MR) is 153 cm³/mol. The number of ether oxygens (including phenoxy) is 4. The molecule has 44 heavy (non-hydrogen) atoms. The maximum atomic E-state index is 13.2. The minimum absolute atomic E-state index is 0.150. The molecule has 2 heterocycles. The number of nitrogens with zero attached hydrogens (tertiary/aromatic N) is 1. The number of aromatic amines is 1. The monoisotopic (exact) mass is 598 g/mol. The van der Waals surface area contributed by atoms with Gasteiger partial charge in [-0.3, -0.25) is 19.1 Å². The second kappa shape index (κ2) is 13.1. The summed E-state index contributed by atoms with van der Waals surface area (Å²) in [6, 6.07) is 24.0. The number of Topliss-reactive ketones (excluding diaryl/α,β-unsaturated/α-hetero) is 1. The highest BCUT2D eigenvalue weighted by molar-refractivity contribution is 5.93. The van der Waals surface area contributed by atoms with Crippen LogP contribution in [-0.4, -0.2) is 58.2 Å². The van der Waals surface area contributed by atoms with Gasteiger partial charge in [-0.1, -0.05) is 54.6 Å². The fourth-order valence-corrected chi connectivity index (χ4v) is 4.61. The van der Waals surface area contributed by atoms with Crippen molar-refractivity contribution in [3.63, 3.8) is 0 Å². The van der Waals surface area contributed by atoms with E-state index in [-0.39, 0.29) is 22.3 Å². The van der Waals surface area contributed by atoms with Crippen molar-refractivity contribution in [1.29, 1.82) is 0 Å². The zero-order valence-electron chi connectivity index (χ0n) is 23.3. The number of carbonyl (C=O) groups excluding carboxylic acids is 4. The second-order valence-corrected chi connectivity index (χ2v) is 9.77. The molecule has 4 atom stereocenters. The first kappa shape index (κ1) is 29.9. The molecule has 0 spiro atoms. The Hall–Kier alpha value is -5.62. The fraction of sp³-hybridized carbons (Fsp3) is 0.188. The van der Waals surface area contributed by atoms with Crippen molar-refractivity contribution >= 4 is 23.7 Å². The second-order valence-electron chi connectivity index (χ2n) is 9.77. The first-order valence-corrected chi connectivity index (χ1v) is 13.5. The van der Waals surface area contributed by atoms with E-state index in [0.29, 0.717) is 0 Å². The molecule has 4 aromatic rings. The van der Waals surface area contributed by atoms with Crippen LogP contribution < -0.4 is 11.2 Å². The number of benzene rings is 3. The zero-order chi connectivity index (χ0) is 31.2. The van der Waals surface area contributed by atoms with Crippen LogP contribution in [0.25, 0.3) is 0 Å². The molecule has 1 aromatic heterocycles. The smallest absolute Gasteiger partial charge is 0.338 e. The number of H-pyrrole nitrogens is 1. The van der Waals surface area contributed by atoms with E-state index in [1.807, 2.05) is 0 Å². The Morgan fingerprint density at radius 3 is 1.70 bits per heavy atom. The SMILES string of the molecule is CC(=O)c1cn([C@@H]2O[C@H](COC(=O)c3ccccc3)[C@@H](OC(=O)c3ccccc3)[C@H]2OC(=O)c2ccccc2)c(=O)[nH]c1=O. The summed E-state index contributed by atoms with van der Waals surface area (Å²) in [5, 5.41) is 0. The Bertz CT molecular complexity index is 1780. The molecule has 5 rings (SSSR count). The van der Waals surface area contributed by atoms with E-state index in [4.69, 9.17) is 18.9 Å². The quantitative estimate of drug-likeness (QED) is 0.172. The third-order valence-electron chi connectivity index (χ3n) is 6.80. The Balaban J connectivity index is 1.55. The van der Waals surface area contributed by atoms with Gasteiger partial charge in [0, 0.05) is 6.20 Å². The number of hydrogen-bond donors (Lipinski definition) is 1. The summed E-state index contributed by atoms with van der Waals surface area (Å²) in [7, 11) is 0. The van der Waals surface area contributed by atoms with Crippen LogP contribution in [0.3, 0.4) is 0 Å². The normalized spacial score (nSPS) is 19.1. The molecule has 224 valence electrons. The van der Waals surface area contributed by atoms with Crippen molar-refractivity contribution in [3.8, 4) is 0 Å². The van der Waals surface area contributed by atoms with Crippen LogP contribution in [0.15, 0.2) is 107 Å². The predicted octanol–water partition coefficient (Wildman–Crippen LogP) is 2.94. The van der Waals surface area contributed by atoms with Crippen LogP contribution in [-0.2, 0) is 18.9 Å². The van der Waals surface area contributed by atoms with Crippen molar-refractivity contribution < 1.29 is 38.1 Å². The van der Waals surface area contributed by atoms with Crippen molar-refractivity contribution in [2.24, 2.45) is 0 Å². The third-order valence-corrected chi connectivity index (χ3v) is 6.80. The first-order chi connectivity index (χ1) is 21.2. The molecule has 1 fully saturated rings. The topological polar surface area (TPSA) is 160 Å². The Labute approximate surface area is 249 Å². The number of nitrogens with one attached hydrogen (secondary N) is 1. The van der Waals surface area contributed by atoms with Crippen LogP contribution >= 0.6 is 0 Å². The number of carbonyl (C=O) groups is 4. The van der Waals surface area contributed by atoms with Gasteiger partial charge in [-0.25, -0.2) is 19.2 Å². The summed E-state index contributed by atoms with van der Waals surface area (Å²) in [5.41, 5.74) is -1.70. The van der Waals surface area contributed by atoms with E-state index in [1.54, 1.807) is 66.7 Å². The van der Waals surface area contributed by atoms with Gasteiger partial charge in [0.05, 0.1) is 22.3 Å². The summed E-state index contributed by atoms with van der Waals surface area (Å²) in [5.74, 6) is -2.99. The van der Waals surface area contributed by atoms with Crippen LogP contribution in [0, 0.1) is 0 Å². The number of esters is 3. The lowest BCUT2D eigenvalue weighted by molar-refractivity contribution is -0.0640. The van der Waals surface area contributed by atoms with Gasteiger partial charge in [0.25, 0.3) is 5.56 Å². The van der Waals surface area contributed by atoms with Gasteiger partial charge in [-0.2, -0.15) is 0 Å². The van der Waals surface area contributed by atoms with Gasteiger partial charge in [-0.15, -0.1) is 0 Å². The molecule has 0 unspecified atom stereocenters. The van der Waals surface area contributed by atoms with Crippen LogP contribution in [0.5, 0.6) is 0 Å². The van der Waals surface area contributed by atoms with Crippen molar-refractivity contribution in [2.45, 2.75) is 31.5 Å². The van der Waals surface area contributed by atoms with E-state index in [9.17, 15) is 28.8 Å². The molecule has 1 N–H and O–H groups in total. The van der Waals surface area contributed by atoms with Gasteiger partial charge in [-0.05, 0) is 43.3 Å². The average molecular weight is 599 g/mol. The maximum Gasteiger partial charge on any atom is 0.338 e. The minimum atomic E-state index is -1.51. The lowest BCUT2D eigenvalue weighted by Gasteiger charge is -2.25. The number of hydrogen-bond acceptors (Lipinski definition) is 10. The van der Waals surface area contributed by atoms with E-state index < -0.39 is 66.1 Å². The first-order valence-electron chi connectivity index (χ1n) is 13.5. The van der Waals surface area contributed by atoms with Gasteiger partial charge < -0.3 is 18.9 Å². The fourth-order valence-electron chi connectivity index (χ4n) is 4.61. The average Bonchev–Trinajstić information content (AvgIpc) is 3.36. The van der Waals surface area contributed by atoms with E-state index >= 15 is 0 Å². The molecular weight excluding hydrogens is 572 g/mol. The molecule has 3 aromatic carbocycles. The van der Waals surface area contributed by atoms with Gasteiger partial charge in [0.15, 0.2) is 24.2 Å². The van der Waals surface area contributed by atoms with Gasteiger partial charge in [0.1, 0.15) is 12.7 Å². The van der Waals surface area contributed by atoms with Gasteiger partial charge >= 0.3 is 23.6 Å². The Morgan fingerprint density at radius 2 is 1.20 bits per heavy atom. The summed E-state index contributed by atoms with van der Waals surface area (Å²) in [6.45, 7) is 0.659. The van der Waals surface area contributed by atoms with E-state index in [2.05, 4.69) is 4.98 Å². The lowest BCUT2D eigenvalue weighted by atomic mass is 10.1. The highest BCUT2D eigenvalue weighted by Gasteiger charge is 2.51. The van der Waals surface area contributed by atoms with Gasteiger partial charge in [0.2, 0.25) is 0 Å². The molecule has 0 radical (unpaired) electrons. The largest absolute Gasteiger partial charge is 0.459 e. The van der Waals surface area contributed by atoms with E-state index in [1.165, 1.54) is 24.3 Å². The van der Waals surface area contributed by atoms with Crippen LogP contribution in [0.2, 0.25) is 0 Å². The maximum absolute atomic E-state index is 13.2. The zero-order valence-corrected chi connectivity index (χ0v) is 23.3. The molecular formula is C32H26N2O10. The summed E-state index contributed by atoms with van der Waals surface area (Å²) in [4.78, 5) is 78.7. The summed E-state index contributed by atoms with van der Waals surface area (Å²) >= 11 is 0. The number of rotatable bonds is 9. The summed E-state index contributed by atoms with van der Waals surface area (Å²) in [6.07, 6.45) is -4.71. The van der Waals surface area contributed by atoms with E-state index in [0.717, 1.165) is 17.7 Å². The van der Waals surface area contributed by atoms with Crippen molar-refractivity contribution in [3.05, 3.63) is 140 Å². The molecule has 0 saturated carbocycles. The lowest BCUT2D eigenvalue weighted by Crippen LogP contribution is -2.43. The Kier molecular flexibility index (Phi) is 8.91. The molecule has 1 aliphatic rings. The standard InChI is InChI=1S/C32H26N2O10/c1-19(35)23-17-34(32(40)33-27(23)36)28-26(44-31(39)22-15-9-4-10-16-22)25(43-30(38)21-13-7-3-8-14-21)24(42-28)18-41-29(37)20-11-5-2-6-12-20/h2-17,24-26,28H,18H2,1H3,(H,33,36,40)/t24-,25-,26-,28-/m1/s1. The highest BCUT2D eigenvalue weighted by Crippen LogP contribution is 2.35. The van der Waals surface area contributed by atoms with Crippen LogP contribution in [0.1, 0.15) is 54.6 Å². The number of aromatic nitrogens is 2. The van der Waals surface area contributed by atoms with Crippen molar-refractivity contribution in [2.75, 3.05) is 6.61 Å². The molecule has 12 heteroatoms. The molecule has 12 nitrogen and oxygen atoms in total.